The van der Waals surface area contributed by atoms with Gasteiger partial charge in [0, 0.05) is 5.54 Å². The zero-order valence-electron chi connectivity index (χ0n) is 14.4. The highest BCUT2D eigenvalue weighted by molar-refractivity contribution is 6.52. The van der Waals surface area contributed by atoms with Crippen LogP contribution in [0.3, 0.4) is 0 Å². The molecule has 4 bridgehead atoms. The first-order valence-electron chi connectivity index (χ1n) is 8.94. The van der Waals surface area contributed by atoms with Crippen molar-refractivity contribution in [2.24, 2.45) is 17.8 Å². The molecular formula is C18H18Cl4N2O3. The maximum absolute atomic E-state index is 12.4. The maximum atomic E-state index is 12.4. The first-order chi connectivity index (χ1) is 12.8. The number of ether oxygens (including phenoxy) is 1. The van der Waals surface area contributed by atoms with Gasteiger partial charge in [0.05, 0.1) is 15.1 Å². The molecule has 9 heteroatoms. The van der Waals surface area contributed by atoms with E-state index in [2.05, 4.69) is 10.3 Å². The van der Waals surface area contributed by atoms with Crippen molar-refractivity contribution in [2.75, 3.05) is 6.61 Å². The highest BCUT2D eigenvalue weighted by atomic mass is 35.5. The van der Waals surface area contributed by atoms with Crippen molar-refractivity contribution in [3.63, 3.8) is 0 Å². The molecule has 1 heterocycles. The SMILES string of the molecule is O=C(COC(=O)c1nc(Cl)c(Cl)c(Cl)c1Cl)NC12CC3CC(CC(C3)C1)C2. The molecule has 0 aromatic carbocycles. The van der Waals surface area contributed by atoms with Crippen molar-refractivity contribution in [1.82, 2.24) is 10.3 Å². The predicted molar refractivity (Wildman–Crippen MR) is 104 cm³/mol. The summed E-state index contributed by atoms with van der Waals surface area (Å²) in [7, 11) is 0. The third kappa shape index (κ3) is 3.76. The van der Waals surface area contributed by atoms with Gasteiger partial charge in [-0.1, -0.05) is 46.4 Å². The fourth-order valence-electron chi connectivity index (χ4n) is 5.42. The standard InChI is InChI=1S/C18H18Cl4N2O3/c19-12-13(20)15(23-16(22)14(12)21)17(26)27-7-11(25)24-18-4-8-1-9(5-18)3-10(2-8)6-18/h8-10H,1-7H2,(H,24,25). The van der Waals surface area contributed by atoms with Crippen molar-refractivity contribution >= 4 is 58.3 Å². The first-order valence-corrected chi connectivity index (χ1v) is 10.5. The van der Waals surface area contributed by atoms with Crippen LogP contribution in [0.1, 0.15) is 49.0 Å². The number of amides is 1. The van der Waals surface area contributed by atoms with E-state index in [0.29, 0.717) is 17.8 Å². The molecule has 4 fully saturated rings. The largest absolute Gasteiger partial charge is 0.451 e. The van der Waals surface area contributed by atoms with Crippen LogP contribution in [0.5, 0.6) is 0 Å². The molecule has 0 spiro atoms. The minimum atomic E-state index is -0.874. The zero-order valence-corrected chi connectivity index (χ0v) is 17.4. The third-order valence-electron chi connectivity index (χ3n) is 5.95. The van der Waals surface area contributed by atoms with Gasteiger partial charge in [-0.2, -0.15) is 0 Å². The highest BCUT2D eigenvalue weighted by Gasteiger charge is 2.51. The van der Waals surface area contributed by atoms with E-state index in [1.54, 1.807) is 0 Å². The number of nitrogens with one attached hydrogen (secondary N) is 1. The van der Waals surface area contributed by atoms with Gasteiger partial charge in [0.2, 0.25) is 0 Å². The Hall–Kier alpha value is -0.750. The van der Waals surface area contributed by atoms with Gasteiger partial charge in [0.15, 0.2) is 12.3 Å². The van der Waals surface area contributed by atoms with E-state index in [-0.39, 0.29) is 37.4 Å². The third-order valence-corrected chi connectivity index (χ3v) is 7.63. The number of hydrogen-bond donors (Lipinski definition) is 1. The molecule has 0 unspecified atom stereocenters. The van der Waals surface area contributed by atoms with Crippen LogP contribution >= 0.6 is 46.4 Å². The van der Waals surface area contributed by atoms with E-state index < -0.39 is 12.6 Å². The molecule has 1 aromatic rings. The number of rotatable bonds is 4. The normalized spacial score (nSPS) is 31.0. The average Bonchev–Trinajstić information content (AvgIpc) is 2.59. The van der Waals surface area contributed by atoms with Crippen molar-refractivity contribution in [3.05, 3.63) is 25.9 Å². The first kappa shape index (κ1) is 19.6. The number of esters is 1. The van der Waals surface area contributed by atoms with Crippen molar-refractivity contribution in [2.45, 2.75) is 44.1 Å². The molecule has 0 aliphatic heterocycles. The number of carbonyl (C=O) groups is 2. The van der Waals surface area contributed by atoms with Crippen LogP contribution in [0.25, 0.3) is 0 Å². The van der Waals surface area contributed by atoms with Gasteiger partial charge < -0.3 is 10.1 Å². The van der Waals surface area contributed by atoms with Crippen LogP contribution in [-0.2, 0) is 9.53 Å². The molecule has 27 heavy (non-hydrogen) atoms. The Bertz CT molecular complexity index is 779. The van der Waals surface area contributed by atoms with E-state index in [1.807, 2.05) is 0 Å². The van der Waals surface area contributed by atoms with E-state index in [9.17, 15) is 9.59 Å². The van der Waals surface area contributed by atoms with Crippen molar-refractivity contribution in [1.29, 1.82) is 0 Å². The van der Waals surface area contributed by atoms with E-state index >= 15 is 0 Å². The molecule has 4 saturated carbocycles. The second-order valence-electron chi connectivity index (χ2n) is 8.02. The zero-order chi connectivity index (χ0) is 19.3. The fourth-order valence-corrected chi connectivity index (χ4v) is 6.22. The Kier molecular flexibility index (Phi) is 5.25. The molecule has 1 N–H and O–H groups in total. The summed E-state index contributed by atoms with van der Waals surface area (Å²) in [5.41, 5.74) is -0.403. The topological polar surface area (TPSA) is 68.3 Å². The Morgan fingerprint density at radius 3 is 2.07 bits per heavy atom. The Morgan fingerprint density at radius 1 is 0.963 bits per heavy atom. The van der Waals surface area contributed by atoms with E-state index in [1.165, 1.54) is 19.3 Å². The van der Waals surface area contributed by atoms with E-state index in [0.717, 1.165) is 19.3 Å². The molecule has 4 aliphatic rings. The van der Waals surface area contributed by atoms with Crippen LogP contribution in [0.4, 0.5) is 0 Å². The molecule has 4 aliphatic carbocycles. The van der Waals surface area contributed by atoms with Crippen molar-refractivity contribution < 1.29 is 14.3 Å². The van der Waals surface area contributed by atoms with Gasteiger partial charge in [-0.15, -0.1) is 0 Å². The molecule has 0 atom stereocenters. The number of hydrogen-bond acceptors (Lipinski definition) is 4. The van der Waals surface area contributed by atoms with Gasteiger partial charge in [-0.3, -0.25) is 4.79 Å². The average molecular weight is 452 g/mol. The summed E-state index contributed by atoms with van der Waals surface area (Å²) in [6.45, 7) is -0.406. The molecule has 1 aromatic heterocycles. The maximum Gasteiger partial charge on any atom is 0.359 e. The van der Waals surface area contributed by atoms with Crippen LogP contribution < -0.4 is 5.32 Å². The Morgan fingerprint density at radius 2 is 1.52 bits per heavy atom. The summed E-state index contributed by atoms with van der Waals surface area (Å²) < 4.78 is 5.08. The van der Waals surface area contributed by atoms with Crippen LogP contribution in [0.15, 0.2) is 0 Å². The predicted octanol–water partition coefficient (Wildman–Crippen LogP) is 4.94. The lowest BCUT2D eigenvalue weighted by Crippen LogP contribution is -2.60. The second-order valence-corrected chi connectivity index (χ2v) is 9.51. The summed E-state index contributed by atoms with van der Waals surface area (Å²) in [6, 6.07) is 0. The van der Waals surface area contributed by atoms with Crippen LogP contribution in [-0.4, -0.2) is 29.0 Å². The summed E-state index contributed by atoms with van der Waals surface area (Å²) >= 11 is 23.6. The molecule has 0 saturated heterocycles. The summed E-state index contributed by atoms with van der Waals surface area (Å²) in [4.78, 5) is 28.5. The highest BCUT2D eigenvalue weighted by Crippen LogP contribution is 2.55. The number of pyridine rings is 1. The number of carbonyl (C=O) groups excluding carboxylic acids is 2. The smallest absolute Gasteiger partial charge is 0.359 e. The summed E-state index contributed by atoms with van der Waals surface area (Å²) in [5, 5.41) is 2.70. The molecule has 5 rings (SSSR count). The lowest BCUT2D eigenvalue weighted by molar-refractivity contribution is -0.130. The summed E-state index contributed by atoms with van der Waals surface area (Å²) in [6.07, 6.45) is 6.92. The van der Waals surface area contributed by atoms with Gasteiger partial charge in [0.25, 0.3) is 5.91 Å². The quantitative estimate of drug-likeness (QED) is 0.520. The van der Waals surface area contributed by atoms with Gasteiger partial charge in [0.1, 0.15) is 5.15 Å². The van der Waals surface area contributed by atoms with Crippen molar-refractivity contribution in [3.8, 4) is 0 Å². The van der Waals surface area contributed by atoms with Gasteiger partial charge >= 0.3 is 5.97 Å². The number of nitrogens with zero attached hydrogens (tertiary/aromatic N) is 1. The lowest BCUT2D eigenvalue weighted by Gasteiger charge is -2.56. The van der Waals surface area contributed by atoms with Gasteiger partial charge in [-0.25, -0.2) is 9.78 Å². The van der Waals surface area contributed by atoms with Crippen LogP contribution in [0.2, 0.25) is 20.2 Å². The molecule has 1 amide bonds. The molecule has 146 valence electrons. The number of aromatic nitrogens is 1. The minimum absolute atomic E-state index is 0.0422. The molecule has 5 nitrogen and oxygen atoms in total. The molecular weight excluding hydrogens is 434 g/mol. The van der Waals surface area contributed by atoms with Gasteiger partial charge in [-0.05, 0) is 56.3 Å². The number of halogens is 4. The second kappa shape index (κ2) is 7.25. The Balaban J connectivity index is 1.38. The minimum Gasteiger partial charge on any atom is -0.451 e. The van der Waals surface area contributed by atoms with Crippen LogP contribution in [0, 0.1) is 17.8 Å². The lowest BCUT2D eigenvalue weighted by atomic mass is 9.53. The Labute approximate surface area is 177 Å². The monoisotopic (exact) mass is 450 g/mol. The summed E-state index contributed by atoms with van der Waals surface area (Å²) in [5.74, 6) is 0.940. The van der Waals surface area contributed by atoms with E-state index in [4.69, 9.17) is 51.1 Å². The molecule has 0 radical (unpaired) electrons. The fraction of sp³-hybridized carbons (Fsp3) is 0.611.